The maximum Gasteiger partial charge on any atom is 0.166 e. The normalized spacial score (nSPS) is 10.1. The third kappa shape index (κ3) is 2.70. The van der Waals surface area contributed by atoms with Crippen LogP contribution in [0.25, 0.3) is 0 Å². The van der Waals surface area contributed by atoms with Crippen LogP contribution in [0.5, 0.6) is 5.75 Å². The molecule has 0 unspecified atom stereocenters. The highest BCUT2D eigenvalue weighted by Crippen LogP contribution is 2.27. The third-order valence-electron chi connectivity index (χ3n) is 1.93. The molecular formula is C11H10BrN3O. The molecule has 2 aromatic rings. The van der Waals surface area contributed by atoms with Crippen molar-refractivity contribution in [1.82, 2.24) is 9.97 Å². The average molecular weight is 280 g/mol. The first-order chi connectivity index (χ1) is 7.75. The molecule has 0 amide bonds. The van der Waals surface area contributed by atoms with Gasteiger partial charge >= 0.3 is 0 Å². The standard InChI is InChI=1S/C11H10BrN3O/c12-9-3-2-8(13)6-10(9)16-7-11-14-4-1-5-15-11/h1-6H,7,13H2. The number of anilines is 1. The second-order valence-electron chi connectivity index (χ2n) is 3.14. The van der Waals surface area contributed by atoms with Gasteiger partial charge in [0.1, 0.15) is 12.4 Å². The number of nitrogens with two attached hydrogens (primary N) is 1. The first kappa shape index (κ1) is 10.9. The van der Waals surface area contributed by atoms with Crippen molar-refractivity contribution in [2.24, 2.45) is 0 Å². The molecule has 0 aliphatic heterocycles. The van der Waals surface area contributed by atoms with E-state index in [1.165, 1.54) is 0 Å². The molecule has 0 fully saturated rings. The number of ether oxygens (including phenoxy) is 1. The SMILES string of the molecule is Nc1ccc(Br)c(OCc2ncccn2)c1. The van der Waals surface area contributed by atoms with Crippen molar-refractivity contribution in [2.75, 3.05) is 5.73 Å². The monoisotopic (exact) mass is 279 g/mol. The van der Waals surface area contributed by atoms with Gasteiger partial charge in [-0.1, -0.05) is 0 Å². The van der Waals surface area contributed by atoms with E-state index in [2.05, 4.69) is 25.9 Å². The largest absolute Gasteiger partial charge is 0.484 e. The number of benzene rings is 1. The Balaban J connectivity index is 2.08. The lowest BCUT2D eigenvalue weighted by Crippen LogP contribution is -2.01. The summed E-state index contributed by atoms with van der Waals surface area (Å²) in [6, 6.07) is 7.17. The van der Waals surface area contributed by atoms with E-state index >= 15 is 0 Å². The lowest BCUT2D eigenvalue weighted by molar-refractivity contribution is 0.294. The summed E-state index contributed by atoms with van der Waals surface area (Å²) in [5.74, 6) is 1.32. The Kier molecular flexibility index (Phi) is 3.36. The molecule has 0 saturated heterocycles. The van der Waals surface area contributed by atoms with E-state index in [-0.39, 0.29) is 0 Å². The smallest absolute Gasteiger partial charge is 0.166 e. The quantitative estimate of drug-likeness (QED) is 0.877. The topological polar surface area (TPSA) is 61.0 Å². The van der Waals surface area contributed by atoms with Gasteiger partial charge < -0.3 is 10.5 Å². The van der Waals surface area contributed by atoms with Crippen molar-refractivity contribution >= 4 is 21.6 Å². The van der Waals surface area contributed by atoms with Crippen LogP contribution in [0.1, 0.15) is 5.82 Å². The summed E-state index contributed by atoms with van der Waals surface area (Å²) in [7, 11) is 0. The highest BCUT2D eigenvalue weighted by Gasteiger charge is 2.02. The fourth-order valence-corrected chi connectivity index (χ4v) is 1.54. The van der Waals surface area contributed by atoms with E-state index in [1.807, 2.05) is 6.07 Å². The Bertz CT molecular complexity index is 476. The number of nitrogens with zero attached hydrogens (tertiary/aromatic N) is 2. The van der Waals surface area contributed by atoms with Gasteiger partial charge in [-0.3, -0.25) is 0 Å². The van der Waals surface area contributed by atoms with Crippen LogP contribution < -0.4 is 10.5 Å². The molecule has 0 spiro atoms. The molecule has 2 rings (SSSR count). The Morgan fingerprint density at radius 2 is 2.00 bits per heavy atom. The van der Waals surface area contributed by atoms with E-state index < -0.39 is 0 Å². The Labute approximate surface area is 102 Å². The van der Waals surface area contributed by atoms with Crippen LogP contribution in [0, 0.1) is 0 Å². The summed E-state index contributed by atoms with van der Waals surface area (Å²) >= 11 is 3.38. The predicted octanol–water partition coefficient (Wildman–Crippen LogP) is 2.40. The van der Waals surface area contributed by atoms with Gasteiger partial charge in [-0.05, 0) is 34.1 Å². The van der Waals surface area contributed by atoms with Crippen LogP contribution >= 0.6 is 15.9 Å². The zero-order valence-electron chi connectivity index (χ0n) is 8.43. The van der Waals surface area contributed by atoms with Gasteiger partial charge in [0.15, 0.2) is 5.82 Å². The Hall–Kier alpha value is -1.62. The number of nitrogen functional groups attached to an aromatic ring is 1. The maximum absolute atomic E-state index is 5.66. The Morgan fingerprint density at radius 3 is 2.75 bits per heavy atom. The first-order valence-corrected chi connectivity index (χ1v) is 5.49. The van der Waals surface area contributed by atoms with Gasteiger partial charge in [-0.15, -0.1) is 0 Å². The molecule has 1 heterocycles. The minimum absolute atomic E-state index is 0.322. The zero-order valence-corrected chi connectivity index (χ0v) is 10.0. The summed E-state index contributed by atoms with van der Waals surface area (Å²) < 4.78 is 6.41. The van der Waals surface area contributed by atoms with Crippen molar-refractivity contribution < 1.29 is 4.74 Å². The zero-order chi connectivity index (χ0) is 11.4. The maximum atomic E-state index is 5.66. The summed E-state index contributed by atoms with van der Waals surface area (Å²) in [5, 5.41) is 0. The molecule has 5 heteroatoms. The number of hydrogen-bond acceptors (Lipinski definition) is 4. The fourth-order valence-electron chi connectivity index (χ4n) is 1.18. The van der Waals surface area contributed by atoms with Crippen molar-refractivity contribution in [1.29, 1.82) is 0 Å². The lowest BCUT2D eigenvalue weighted by atomic mass is 10.3. The second-order valence-corrected chi connectivity index (χ2v) is 4.00. The van der Waals surface area contributed by atoms with Gasteiger partial charge in [0, 0.05) is 24.1 Å². The fraction of sp³-hybridized carbons (Fsp3) is 0.0909. The minimum atomic E-state index is 0.322. The summed E-state index contributed by atoms with van der Waals surface area (Å²) in [6.45, 7) is 0.322. The molecule has 2 N–H and O–H groups in total. The van der Waals surface area contributed by atoms with Crippen LogP contribution in [0.15, 0.2) is 41.1 Å². The van der Waals surface area contributed by atoms with Gasteiger partial charge in [0.2, 0.25) is 0 Å². The van der Waals surface area contributed by atoms with Gasteiger partial charge in [-0.25, -0.2) is 9.97 Å². The molecule has 4 nitrogen and oxygen atoms in total. The lowest BCUT2D eigenvalue weighted by Gasteiger charge is -2.07. The second kappa shape index (κ2) is 4.94. The first-order valence-electron chi connectivity index (χ1n) is 4.69. The van der Waals surface area contributed by atoms with E-state index in [0.29, 0.717) is 23.9 Å². The van der Waals surface area contributed by atoms with Crippen LogP contribution in [-0.4, -0.2) is 9.97 Å². The van der Waals surface area contributed by atoms with Crippen LogP contribution in [0.2, 0.25) is 0 Å². The van der Waals surface area contributed by atoms with E-state index in [9.17, 15) is 0 Å². The molecule has 0 atom stereocenters. The molecule has 0 saturated carbocycles. The molecule has 16 heavy (non-hydrogen) atoms. The molecule has 1 aromatic heterocycles. The van der Waals surface area contributed by atoms with E-state index in [4.69, 9.17) is 10.5 Å². The minimum Gasteiger partial charge on any atom is -0.484 e. The van der Waals surface area contributed by atoms with Crippen molar-refractivity contribution in [3.63, 3.8) is 0 Å². The van der Waals surface area contributed by atoms with Gasteiger partial charge in [0.05, 0.1) is 4.47 Å². The molecular weight excluding hydrogens is 270 g/mol. The number of aromatic nitrogens is 2. The van der Waals surface area contributed by atoms with Crippen molar-refractivity contribution in [2.45, 2.75) is 6.61 Å². The summed E-state index contributed by atoms with van der Waals surface area (Å²) in [5.41, 5.74) is 6.32. The van der Waals surface area contributed by atoms with Crippen LogP contribution in [0.3, 0.4) is 0 Å². The van der Waals surface area contributed by atoms with E-state index in [0.717, 1.165) is 4.47 Å². The number of hydrogen-bond donors (Lipinski definition) is 1. The summed E-state index contributed by atoms with van der Waals surface area (Å²) in [6.07, 6.45) is 3.36. The molecule has 0 aliphatic carbocycles. The van der Waals surface area contributed by atoms with Crippen LogP contribution in [-0.2, 0) is 6.61 Å². The highest BCUT2D eigenvalue weighted by molar-refractivity contribution is 9.10. The van der Waals surface area contributed by atoms with Gasteiger partial charge in [-0.2, -0.15) is 0 Å². The van der Waals surface area contributed by atoms with Crippen molar-refractivity contribution in [3.8, 4) is 5.75 Å². The van der Waals surface area contributed by atoms with Crippen LogP contribution in [0.4, 0.5) is 5.69 Å². The summed E-state index contributed by atoms with van der Waals surface area (Å²) in [4.78, 5) is 8.13. The van der Waals surface area contributed by atoms with E-state index in [1.54, 1.807) is 30.6 Å². The van der Waals surface area contributed by atoms with Crippen molar-refractivity contribution in [3.05, 3.63) is 47.0 Å². The van der Waals surface area contributed by atoms with Gasteiger partial charge in [0.25, 0.3) is 0 Å². The molecule has 0 radical (unpaired) electrons. The average Bonchev–Trinajstić information content (AvgIpc) is 2.32. The number of halogens is 1. The third-order valence-corrected chi connectivity index (χ3v) is 2.59. The molecule has 1 aromatic carbocycles. The molecule has 0 bridgehead atoms. The molecule has 0 aliphatic rings. The molecule has 82 valence electrons. The number of rotatable bonds is 3. The predicted molar refractivity (Wildman–Crippen MR) is 64.9 cm³/mol. The highest BCUT2D eigenvalue weighted by atomic mass is 79.9. The Morgan fingerprint density at radius 1 is 1.25 bits per heavy atom.